The summed E-state index contributed by atoms with van der Waals surface area (Å²) in [4.78, 5) is 7.21. The lowest BCUT2D eigenvalue weighted by molar-refractivity contribution is 0.0672. The maximum atomic E-state index is 10.8. The summed E-state index contributed by atoms with van der Waals surface area (Å²) >= 11 is 0. The smallest absolute Gasteiger partial charge is 0.191 e. The fraction of sp³-hybridized carbons (Fsp3) is 0.480. The van der Waals surface area contributed by atoms with Gasteiger partial charge in [0, 0.05) is 26.2 Å². The Balaban J connectivity index is 1.46. The van der Waals surface area contributed by atoms with Crippen molar-refractivity contribution in [1.82, 2.24) is 15.5 Å². The van der Waals surface area contributed by atoms with E-state index in [-0.39, 0.29) is 0 Å². The molecule has 1 aliphatic heterocycles. The van der Waals surface area contributed by atoms with Gasteiger partial charge in [0.1, 0.15) is 5.60 Å². The molecule has 30 heavy (non-hydrogen) atoms. The average Bonchev–Trinajstić information content (AvgIpc) is 3.23. The molecule has 2 unspecified atom stereocenters. The van der Waals surface area contributed by atoms with E-state index < -0.39 is 5.60 Å². The Morgan fingerprint density at radius 3 is 2.50 bits per heavy atom. The van der Waals surface area contributed by atoms with Crippen LogP contribution in [0.2, 0.25) is 0 Å². The summed E-state index contributed by atoms with van der Waals surface area (Å²) in [5, 5.41) is 17.6. The number of aliphatic imine (C=N–C) groups is 1. The molecule has 1 fully saturated rings. The highest BCUT2D eigenvalue weighted by molar-refractivity contribution is 5.79. The van der Waals surface area contributed by atoms with Crippen LogP contribution in [0.3, 0.4) is 0 Å². The SMILES string of the molecule is CCNC(=NCC(C)(O)c1ccccc1)NCC1CCN(CCc2ccccc2)C1. The van der Waals surface area contributed by atoms with Crippen LogP contribution in [0, 0.1) is 5.92 Å². The molecule has 162 valence electrons. The molecule has 1 aliphatic rings. The first-order valence-electron chi connectivity index (χ1n) is 11.1. The molecule has 0 aliphatic carbocycles. The Morgan fingerprint density at radius 2 is 1.80 bits per heavy atom. The summed E-state index contributed by atoms with van der Waals surface area (Å²) in [6, 6.07) is 20.4. The number of benzene rings is 2. The lowest BCUT2D eigenvalue weighted by Gasteiger charge is -2.23. The molecule has 5 heteroatoms. The summed E-state index contributed by atoms with van der Waals surface area (Å²) in [6.07, 6.45) is 2.32. The molecule has 2 aromatic rings. The Morgan fingerprint density at radius 1 is 1.10 bits per heavy atom. The van der Waals surface area contributed by atoms with Crippen molar-refractivity contribution in [2.45, 2.75) is 32.3 Å². The van der Waals surface area contributed by atoms with Crippen molar-refractivity contribution < 1.29 is 5.11 Å². The van der Waals surface area contributed by atoms with Gasteiger partial charge >= 0.3 is 0 Å². The highest BCUT2D eigenvalue weighted by Gasteiger charge is 2.24. The third kappa shape index (κ3) is 6.85. The molecular weight excluding hydrogens is 372 g/mol. The predicted molar refractivity (Wildman–Crippen MR) is 125 cm³/mol. The summed E-state index contributed by atoms with van der Waals surface area (Å²) in [6.45, 7) is 9.31. The van der Waals surface area contributed by atoms with Crippen molar-refractivity contribution in [2.24, 2.45) is 10.9 Å². The second-order valence-corrected chi connectivity index (χ2v) is 8.41. The van der Waals surface area contributed by atoms with Crippen LogP contribution in [-0.4, -0.2) is 55.2 Å². The molecule has 3 rings (SSSR count). The van der Waals surface area contributed by atoms with E-state index in [0.29, 0.717) is 12.5 Å². The van der Waals surface area contributed by atoms with E-state index >= 15 is 0 Å². The Bertz CT molecular complexity index is 776. The van der Waals surface area contributed by atoms with Gasteiger partial charge in [0.05, 0.1) is 6.54 Å². The largest absolute Gasteiger partial charge is 0.384 e. The molecule has 0 amide bonds. The van der Waals surface area contributed by atoms with Crippen LogP contribution in [0.1, 0.15) is 31.4 Å². The maximum absolute atomic E-state index is 10.8. The zero-order valence-corrected chi connectivity index (χ0v) is 18.3. The van der Waals surface area contributed by atoms with E-state index in [1.54, 1.807) is 0 Å². The average molecular weight is 409 g/mol. The third-order valence-electron chi connectivity index (χ3n) is 5.77. The Labute approximate surface area is 181 Å². The second-order valence-electron chi connectivity index (χ2n) is 8.41. The summed E-state index contributed by atoms with van der Waals surface area (Å²) in [5.41, 5.74) is 1.31. The molecule has 2 atom stereocenters. The fourth-order valence-corrected chi connectivity index (χ4v) is 3.92. The van der Waals surface area contributed by atoms with Gasteiger partial charge in [-0.3, -0.25) is 0 Å². The fourth-order valence-electron chi connectivity index (χ4n) is 3.92. The molecule has 0 aromatic heterocycles. The first-order valence-corrected chi connectivity index (χ1v) is 11.1. The number of aliphatic hydroxyl groups is 1. The number of nitrogens with zero attached hydrogens (tertiary/aromatic N) is 2. The molecule has 0 radical (unpaired) electrons. The minimum atomic E-state index is -0.981. The topological polar surface area (TPSA) is 59.9 Å². The van der Waals surface area contributed by atoms with Crippen molar-refractivity contribution in [2.75, 3.05) is 39.3 Å². The van der Waals surface area contributed by atoms with E-state index in [2.05, 4.69) is 57.8 Å². The van der Waals surface area contributed by atoms with E-state index in [1.807, 2.05) is 37.3 Å². The normalized spacial score (nSPS) is 19.4. The molecule has 1 saturated heterocycles. The van der Waals surface area contributed by atoms with Gasteiger partial charge in [-0.05, 0) is 50.3 Å². The molecule has 0 bridgehead atoms. The van der Waals surface area contributed by atoms with Gasteiger partial charge < -0.3 is 20.6 Å². The summed E-state index contributed by atoms with van der Waals surface area (Å²) < 4.78 is 0. The van der Waals surface area contributed by atoms with E-state index in [9.17, 15) is 5.11 Å². The van der Waals surface area contributed by atoms with Gasteiger partial charge in [-0.25, -0.2) is 4.99 Å². The van der Waals surface area contributed by atoms with Crippen LogP contribution in [-0.2, 0) is 12.0 Å². The molecule has 1 heterocycles. The molecule has 3 N–H and O–H groups in total. The van der Waals surface area contributed by atoms with Crippen molar-refractivity contribution in [3.8, 4) is 0 Å². The molecule has 0 spiro atoms. The monoisotopic (exact) mass is 408 g/mol. The van der Waals surface area contributed by atoms with Gasteiger partial charge in [-0.2, -0.15) is 0 Å². The second kappa shape index (κ2) is 11.1. The lowest BCUT2D eigenvalue weighted by Crippen LogP contribution is -2.41. The molecule has 0 saturated carbocycles. The highest BCUT2D eigenvalue weighted by Crippen LogP contribution is 2.20. The van der Waals surface area contributed by atoms with Crippen LogP contribution < -0.4 is 10.6 Å². The van der Waals surface area contributed by atoms with E-state index in [0.717, 1.165) is 50.7 Å². The first-order chi connectivity index (χ1) is 14.6. The number of nitrogens with one attached hydrogen (secondary N) is 2. The highest BCUT2D eigenvalue weighted by atomic mass is 16.3. The third-order valence-corrected chi connectivity index (χ3v) is 5.77. The van der Waals surface area contributed by atoms with Crippen LogP contribution in [0.25, 0.3) is 0 Å². The molecule has 5 nitrogen and oxygen atoms in total. The van der Waals surface area contributed by atoms with Crippen molar-refractivity contribution in [3.05, 3.63) is 71.8 Å². The molecule has 2 aromatic carbocycles. The van der Waals surface area contributed by atoms with Gasteiger partial charge in [0.15, 0.2) is 5.96 Å². The molecular formula is C25H36N4O. The van der Waals surface area contributed by atoms with Crippen molar-refractivity contribution in [1.29, 1.82) is 0 Å². The van der Waals surface area contributed by atoms with E-state index in [4.69, 9.17) is 0 Å². The van der Waals surface area contributed by atoms with Gasteiger partial charge in [-0.1, -0.05) is 60.7 Å². The zero-order chi connectivity index (χ0) is 21.2. The van der Waals surface area contributed by atoms with Crippen LogP contribution in [0.5, 0.6) is 0 Å². The predicted octanol–water partition coefficient (Wildman–Crippen LogP) is 3.01. The van der Waals surface area contributed by atoms with Crippen molar-refractivity contribution in [3.63, 3.8) is 0 Å². The minimum absolute atomic E-state index is 0.320. The van der Waals surface area contributed by atoms with E-state index in [1.165, 1.54) is 12.0 Å². The standard InChI is InChI=1S/C25H36N4O/c1-3-26-24(28-20-25(2,30)23-12-8-5-9-13-23)27-18-22-15-17-29(19-22)16-14-21-10-6-4-7-11-21/h4-13,22,30H,3,14-20H2,1-2H3,(H2,26,27,28). The number of hydrogen-bond acceptors (Lipinski definition) is 3. The zero-order valence-electron chi connectivity index (χ0n) is 18.3. The lowest BCUT2D eigenvalue weighted by atomic mass is 9.96. The van der Waals surface area contributed by atoms with Crippen molar-refractivity contribution >= 4 is 5.96 Å². The van der Waals surface area contributed by atoms with Crippen LogP contribution >= 0.6 is 0 Å². The number of likely N-dealkylation sites (tertiary alicyclic amines) is 1. The minimum Gasteiger partial charge on any atom is -0.384 e. The number of guanidine groups is 1. The Hall–Kier alpha value is -2.37. The van der Waals surface area contributed by atoms with Gasteiger partial charge in [0.25, 0.3) is 0 Å². The van der Waals surface area contributed by atoms with Gasteiger partial charge in [0.2, 0.25) is 0 Å². The van der Waals surface area contributed by atoms with Gasteiger partial charge in [-0.15, -0.1) is 0 Å². The maximum Gasteiger partial charge on any atom is 0.191 e. The Kier molecular flexibility index (Phi) is 8.29. The van der Waals surface area contributed by atoms with Crippen LogP contribution in [0.15, 0.2) is 65.7 Å². The van der Waals surface area contributed by atoms with Crippen LogP contribution in [0.4, 0.5) is 0 Å². The summed E-state index contributed by atoms with van der Waals surface area (Å²) in [7, 11) is 0. The first kappa shape index (κ1) is 22.3. The quantitative estimate of drug-likeness (QED) is 0.441. The summed E-state index contributed by atoms with van der Waals surface area (Å²) in [5.74, 6) is 1.40. The number of rotatable bonds is 9. The number of hydrogen-bond donors (Lipinski definition) is 3.